The third kappa shape index (κ3) is 7.33. The second kappa shape index (κ2) is 11.9. The largest absolute Gasteiger partial charge is 0.356 e. The van der Waals surface area contributed by atoms with Crippen LogP contribution in [0.25, 0.3) is 0 Å². The average molecular weight is 470 g/mol. The highest BCUT2D eigenvalue weighted by Gasteiger charge is 2.16. The Morgan fingerprint density at radius 2 is 1.96 bits per heavy atom. The molecule has 7 heteroatoms. The van der Waals surface area contributed by atoms with Gasteiger partial charge in [-0.15, -0.1) is 24.0 Å². The highest BCUT2D eigenvalue weighted by Crippen LogP contribution is 2.15. The molecule has 0 aliphatic carbocycles. The Bertz CT molecular complexity index is 653. The normalized spacial score (nSPS) is 12.6. The summed E-state index contributed by atoms with van der Waals surface area (Å²) in [5, 5.41) is 11.1. The van der Waals surface area contributed by atoms with Gasteiger partial charge in [-0.25, -0.2) is 0 Å². The minimum absolute atomic E-state index is 0. The number of benzene rings is 1. The lowest BCUT2D eigenvalue weighted by atomic mass is 10.1. The van der Waals surface area contributed by atoms with Gasteiger partial charge in [0.2, 0.25) is 0 Å². The van der Waals surface area contributed by atoms with E-state index in [1.807, 2.05) is 17.9 Å². The van der Waals surface area contributed by atoms with Crippen LogP contribution in [0.4, 0.5) is 0 Å². The zero-order chi connectivity index (χ0) is 18.1. The van der Waals surface area contributed by atoms with E-state index in [-0.39, 0.29) is 30.0 Å². The van der Waals surface area contributed by atoms with Crippen LogP contribution in [0.5, 0.6) is 0 Å². The van der Waals surface area contributed by atoms with E-state index >= 15 is 0 Å². The maximum absolute atomic E-state index is 4.32. The lowest BCUT2D eigenvalue weighted by molar-refractivity contribution is 0.298. The zero-order valence-corrected chi connectivity index (χ0v) is 18.5. The molecule has 0 saturated carbocycles. The number of nitrogens with one attached hydrogen (secondary N) is 2. The van der Waals surface area contributed by atoms with Crippen LogP contribution < -0.4 is 10.6 Å². The van der Waals surface area contributed by atoms with Gasteiger partial charge in [0.15, 0.2) is 5.96 Å². The average Bonchev–Trinajstić information content (AvgIpc) is 3.03. The summed E-state index contributed by atoms with van der Waals surface area (Å²) in [6.07, 6.45) is 6.12. The Kier molecular flexibility index (Phi) is 10.3. The Morgan fingerprint density at radius 3 is 2.54 bits per heavy atom. The number of guanidine groups is 1. The molecule has 0 aliphatic heterocycles. The first-order valence-corrected chi connectivity index (χ1v) is 8.73. The Labute approximate surface area is 174 Å². The fourth-order valence-corrected chi connectivity index (χ4v) is 2.77. The predicted octanol–water partition coefficient (Wildman–Crippen LogP) is 2.44. The van der Waals surface area contributed by atoms with Crippen molar-refractivity contribution in [1.82, 2.24) is 25.3 Å². The fraction of sp³-hybridized carbons (Fsp3) is 0.474. The van der Waals surface area contributed by atoms with E-state index in [4.69, 9.17) is 0 Å². The van der Waals surface area contributed by atoms with Crippen molar-refractivity contribution in [3.8, 4) is 0 Å². The molecule has 6 nitrogen and oxygen atoms in total. The second-order valence-electron chi connectivity index (χ2n) is 6.40. The molecule has 2 aromatic rings. The summed E-state index contributed by atoms with van der Waals surface area (Å²) in [4.78, 5) is 6.51. The molecule has 0 fully saturated rings. The number of likely N-dealkylation sites (N-methyl/N-ethyl adjacent to an activating group) is 1. The minimum Gasteiger partial charge on any atom is -0.356 e. The SMILES string of the molecule is CN=C(NCCCc1ccccc1)NCC(c1cnn(C)c1)N(C)C.I. The molecular weight excluding hydrogens is 439 g/mol. The molecule has 0 radical (unpaired) electrons. The monoisotopic (exact) mass is 470 g/mol. The minimum atomic E-state index is 0. The molecular formula is C19H31IN6. The first-order valence-electron chi connectivity index (χ1n) is 8.73. The summed E-state index contributed by atoms with van der Waals surface area (Å²) >= 11 is 0. The molecule has 26 heavy (non-hydrogen) atoms. The van der Waals surface area contributed by atoms with Crippen LogP contribution in [-0.2, 0) is 13.5 Å². The molecule has 1 aromatic carbocycles. The number of hydrogen-bond donors (Lipinski definition) is 2. The number of nitrogens with zero attached hydrogens (tertiary/aromatic N) is 4. The Hall–Kier alpha value is -1.61. The fourth-order valence-electron chi connectivity index (χ4n) is 2.77. The van der Waals surface area contributed by atoms with Crippen molar-refractivity contribution in [2.24, 2.45) is 12.0 Å². The predicted molar refractivity (Wildman–Crippen MR) is 119 cm³/mol. The van der Waals surface area contributed by atoms with E-state index in [0.717, 1.165) is 31.9 Å². The summed E-state index contributed by atoms with van der Waals surface area (Å²) in [5.41, 5.74) is 2.57. The smallest absolute Gasteiger partial charge is 0.191 e. The molecule has 144 valence electrons. The van der Waals surface area contributed by atoms with E-state index in [1.54, 1.807) is 7.05 Å². The van der Waals surface area contributed by atoms with E-state index in [9.17, 15) is 0 Å². The van der Waals surface area contributed by atoms with Gasteiger partial charge in [0.05, 0.1) is 12.2 Å². The van der Waals surface area contributed by atoms with Crippen molar-refractivity contribution in [1.29, 1.82) is 0 Å². The van der Waals surface area contributed by atoms with Crippen molar-refractivity contribution >= 4 is 29.9 Å². The number of aromatic nitrogens is 2. The molecule has 1 atom stereocenters. The van der Waals surface area contributed by atoms with Crippen molar-refractivity contribution in [3.63, 3.8) is 0 Å². The van der Waals surface area contributed by atoms with E-state index < -0.39 is 0 Å². The van der Waals surface area contributed by atoms with E-state index in [0.29, 0.717) is 0 Å². The van der Waals surface area contributed by atoms with Crippen LogP contribution in [-0.4, -0.2) is 54.9 Å². The first-order chi connectivity index (χ1) is 12.1. The summed E-state index contributed by atoms with van der Waals surface area (Å²) < 4.78 is 1.84. The van der Waals surface area contributed by atoms with Crippen molar-refractivity contribution < 1.29 is 0 Å². The van der Waals surface area contributed by atoms with Crippen LogP contribution in [0.2, 0.25) is 0 Å². The van der Waals surface area contributed by atoms with Gasteiger partial charge >= 0.3 is 0 Å². The maximum Gasteiger partial charge on any atom is 0.191 e. The number of rotatable bonds is 8. The van der Waals surface area contributed by atoms with Gasteiger partial charge < -0.3 is 15.5 Å². The van der Waals surface area contributed by atoms with Gasteiger partial charge in [-0.2, -0.15) is 5.10 Å². The molecule has 1 aromatic heterocycles. The highest BCUT2D eigenvalue weighted by atomic mass is 127. The van der Waals surface area contributed by atoms with Crippen LogP contribution >= 0.6 is 24.0 Å². The second-order valence-corrected chi connectivity index (χ2v) is 6.40. The number of aryl methyl sites for hydroxylation is 2. The molecule has 0 bridgehead atoms. The quantitative estimate of drug-likeness (QED) is 0.270. The lowest BCUT2D eigenvalue weighted by Gasteiger charge is -2.24. The molecule has 0 saturated heterocycles. The first kappa shape index (κ1) is 22.4. The molecule has 1 heterocycles. The molecule has 2 N–H and O–H groups in total. The van der Waals surface area contributed by atoms with Crippen LogP contribution in [0.3, 0.4) is 0 Å². The van der Waals surface area contributed by atoms with Gasteiger partial charge in [0.25, 0.3) is 0 Å². The number of halogens is 1. The van der Waals surface area contributed by atoms with E-state index in [2.05, 4.69) is 76.2 Å². The Morgan fingerprint density at radius 1 is 1.23 bits per heavy atom. The summed E-state index contributed by atoms with van der Waals surface area (Å²) in [7, 11) is 7.91. The van der Waals surface area contributed by atoms with Crippen molar-refractivity contribution in [3.05, 3.63) is 53.9 Å². The third-order valence-electron chi connectivity index (χ3n) is 4.20. The molecule has 0 spiro atoms. The van der Waals surface area contributed by atoms with E-state index in [1.165, 1.54) is 11.1 Å². The highest BCUT2D eigenvalue weighted by molar-refractivity contribution is 14.0. The lowest BCUT2D eigenvalue weighted by Crippen LogP contribution is -2.42. The summed E-state index contributed by atoms with van der Waals surface area (Å²) in [6, 6.07) is 10.8. The molecule has 2 rings (SSSR count). The molecule has 0 amide bonds. The molecule has 1 unspecified atom stereocenters. The third-order valence-corrected chi connectivity index (χ3v) is 4.20. The van der Waals surface area contributed by atoms with Gasteiger partial charge in [-0.05, 0) is 32.5 Å². The van der Waals surface area contributed by atoms with Gasteiger partial charge in [-0.3, -0.25) is 9.67 Å². The zero-order valence-electron chi connectivity index (χ0n) is 16.1. The topological polar surface area (TPSA) is 57.5 Å². The molecule has 0 aliphatic rings. The standard InChI is InChI=1S/C19H30N6.HI/c1-20-19(21-12-8-11-16-9-6-5-7-10-16)22-14-18(24(2)3)17-13-23-25(4)15-17;/h5-7,9-10,13,15,18H,8,11-12,14H2,1-4H3,(H2,20,21,22);1H. The van der Waals surface area contributed by atoms with Crippen LogP contribution in [0.1, 0.15) is 23.6 Å². The van der Waals surface area contributed by atoms with Crippen molar-refractivity contribution in [2.45, 2.75) is 18.9 Å². The van der Waals surface area contributed by atoms with Crippen LogP contribution in [0, 0.1) is 0 Å². The van der Waals surface area contributed by atoms with Gasteiger partial charge in [-0.1, -0.05) is 30.3 Å². The summed E-state index contributed by atoms with van der Waals surface area (Å²) in [5.74, 6) is 0.837. The van der Waals surface area contributed by atoms with Gasteiger partial charge in [0, 0.05) is 38.9 Å². The van der Waals surface area contributed by atoms with Crippen LogP contribution in [0.15, 0.2) is 47.7 Å². The van der Waals surface area contributed by atoms with Gasteiger partial charge in [0.1, 0.15) is 0 Å². The number of aliphatic imine (C=N–C) groups is 1. The Balaban J connectivity index is 0.00000338. The summed E-state index contributed by atoms with van der Waals surface area (Å²) in [6.45, 7) is 1.67. The van der Waals surface area contributed by atoms with Crippen molar-refractivity contribution in [2.75, 3.05) is 34.2 Å². The maximum atomic E-state index is 4.32. The number of hydrogen-bond acceptors (Lipinski definition) is 3.